The Kier molecular flexibility index (Phi) is 6.07. The smallest absolute Gasteiger partial charge is 0.0767 e. The minimum atomic E-state index is 0.687. The van der Waals surface area contributed by atoms with E-state index in [1.807, 2.05) is 11.8 Å². The first-order valence-electron chi connectivity index (χ1n) is 6.36. The van der Waals surface area contributed by atoms with Crippen LogP contribution in [0.1, 0.15) is 46.0 Å². The number of thioether (sulfide) groups is 1. The van der Waals surface area contributed by atoms with Crippen LogP contribution in [-0.2, 0) is 18.7 Å². The van der Waals surface area contributed by atoms with Crippen molar-refractivity contribution in [3.05, 3.63) is 15.9 Å². The molecule has 1 aromatic heterocycles. The van der Waals surface area contributed by atoms with Crippen LogP contribution in [0.3, 0.4) is 0 Å². The maximum atomic E-state index is 4.63. The van der Waals surface area contributed by atoms with Crippen molar-refractivity contribution >= 4 is 27.7 Å². The minimum Gasteiger partial charge on any atom is -0.268 e. The molecule has 0 fully saturated rings. The first kappa shape index (κ1) is 15.1. The summed E-state index contributed by atoms with van der Waals surface area (Å²) in [5.41, 5.74) is 2.52. The van der Waals surface area contributed by atoms with Crippen molar-refractivity contribution in [2.45, 2.75) is 58.6 Å². The molecule has 1 atom stereocenters. The van der Waals surface area contributed by atoms with Crippen LogP contribution in [0.5, 0.6) is 0 Å². The summed E-state index contributed by atoms with van der Waals surface area (Å²) in [6, 6.07) is 0. The SMILES string of the molecule is CCc1nn(CC)c(CSC(C)C(C)C)c1Br. The van der Waals surface area contributed by atoms with Gasteiger partial charge in [0.05, 0.1) is 15.9 Å². The number of aryl methyl sites for hydroxylation is 2. The summed E-state index contributed by atoms with van der Waals surface area (Å²) in [6.45, 7) is 12.1. The molecule has 0 saturated carbocycles. The average molecular weight is 319 g/mol. The summed E-state index contributed by atoms with van der Waals surface area (Å²) in [5.74, 6) is 1.77. The minimum absolute atomic E-state index is 0.687. The summed E-state index contributed by atoms with van der Waals surface area (Å²) < 4.78 is 3.34. The average Bonchev–Trinajstić information content (AvgIpc) is 2.62. The second-order valence-corrected chi connectivity index (χ2v) is 6.80. The first-order valence-corrected chi connectivity index (χ1v) is 8.21. The highest BCUT2D eigenvalue weighted by Crippen LogP contribution is 2.29. The number of rotatable bonds is 6. The van der Waals surface area contributed by atoms with E-state index in [0.717, 1.165) is 24.6 Å². The van der Waals surface area contributed by atoms with Gasteiger partial charge < -0.3 is 0 Å². The summed E-state index contributed by atoms with van der Waals surface area (Å²) in [7, 11) is 0. The van der Waals surface area contributed by atoms with Crippen LogP contribution in [0.15, 0.2) is 4.47 Å². The van der Waals surface area contributed by atoms with E-state index in [1.165, 1.54) is 15.9 Å². The van der Waals surface area contributed by atoms with Crippen molar-refractivity contribution in [1.82, 2.24) is 9.78 Å². The molecule has 0 aromatic carbocycles. The van der Waals surface area contributed by atoms with Crippen LogP contribution in [0.4, 0.5) is 0 Å². The van der Waals surface area contributed by atoms with Gasteiger partial charge in [-0.25, -0.2) is 0 Å². The quantitative estimate of drug-likeness (QED) is 0.768. The third kappa shape index (κ3) is 3.75. The summed E-state index contributed by atoms with van der Waals surface area (Å²) in [4.78, 5) is 0. The molecule has 0 bridgehead atoms. The number of nitrogens with zero attached hydrogens (tertiary/aromatic N) is 2. The monoisotopic (exact) mass is 318 g/mol. The Morgan fingerprint density at radius 1 is 1.29 bits per heavy atom. The third-order valence-corrected chi connectivity index (χ3v) is 5.54. The molecule has 0 saturated heterocycles. The van der Waals surface area contributed by atoms with Crippen molar-refractivity contribution in [1.29, 1.82) is 0 Å². The van der Waals surface area contributed by atoms with Crippen molar-refractivity contribution in [3.63, 3.8) is 0 Å². The van der Waals surface area contributed by atoms with E-state index in [9.17, 15) is 0 Å². The zero-order chi connectivity index (χ0) is 13.0. The van der Waals surface area contributed by atoms with Gasteiger partial charge in [-0.15, -0.1) is 0 Å². The predicted octanol–water partition coefficient (Wildman–Crippen LogP) is 4.51. The van der Waals surface area contributed by atoms with Crippen LogP contribution in [0, 0.1) is 5.92 Å². The summed E-state index contributed by atoms with van der Waals surface area (Å²) in [6.07, 6.45) is 0.991. The summed E-state index contributed by atoms with van der Waals surface area (Å²) in [5, 5.41) is 5.31. The maximum Gasteiger partial charge on any atom is 0.0767 e. The normalized spacial score (nSPS) is 13.4. The lowest BCUT2D eigenvalue weighted by molar-refractivity contribution is 0.623. The molecule has 17 heavy (non-hydrogen) atoms. The van der Waals surface area contributed by atoms with E-state index in [0.29, 0.717) is 5.25 Å². The molecule has 1 aromatic rings. The molecule has 1 unspecified atom stereocenters. The molecule has 1 rings (SSSR count). The van der Waals surface area contributed by atoms with Crippen molar-refractivity contribution < 1.29 is 0 Å². The summed E-state index contributed by atoms with van der Waals surface area (Å²) >= 11 is 5.71. The Labute approximate surface area is 118 Å². The van der Waals surface area contributed by atoms with E-state index >= 15 is 0 Å². The van der Waals surface area contributed by atoms with Gasteiger partial charge in [0.1, 0.15) is 0 Å². The van der Waals surface area contributed by atoms with Gasteiger partial charge >= 0.3 is 0 Å². The zero-order valence-corrected chi connectivity index (χ0v) is 13.9. The van der Waals surface area contributed by atoms with Gasteiger partial charge in [-0.1, -0.05) is 27.7 Å². The number of hydrogen-bond donors (Lipinski definition) is 0. The van der Waals surface area contributed by atoms with Gasteiger partial charge in [0.15, 0.2) is 0 Å². The Hall–Kier alpha value is 0.0400. The Morgan fingerprint density at radius 3 is 2.41 bits per heavy atom. The van der Waals surface area contributed by atoms with Gasteiger partial charge in [0.25, 0.3) is 0 Å². The van der Waals surface area contributed by atoms with E-state index in [-0.39, 0.29) is 0 Å². The van der Waals surface area contributed by atoms with Crippen molar-refractivity contribution in [2.75, 3.05) is 0 Å². The fourth-order valence-electron chi connectivity index (χ4n) is 1.56. The lowest BCUT2D eigenvalue weighted by Gasteiger charge is -2.15. The van der Waals surface area contributed by atoms with Crippen LogP contribution >= 0.6 is 27.7 Å². The van der Waals surface area contributed by atoms with E-state index < -0.39 is 0 Å². The fraction of sp³-hybridized carbons (Fsp3) is 0.769. The Bertz CT molecular complexity index is 361. The van der Waals surface area contributed by atoms with Crippen LogP contribution in [0.25, 0.3) is 0 Å². The van der Waals surface area contributed by atoms with Gasteiger partial charge in [-0.3, -0.25) is 4.68 Å². The molecule has 1 heterocycles. The lowest BCUT2D eigenvalue weighted by Crippen LogP contribution is -2.08. The van der Waals surface area contributed by atoms with Crippen LogP contribution in [0.2, 0.25) is 0 Å². The van der Waals surface area contributed by atoms with Crippen molar-refractivity contribution in [3.8, 4) is 0 Å². The van der Waals surface area contributed by atoms with E-state index in [1.54, 1.807) is 0 Å². The predicted molar refractivity (Wildman–Crippen MR) is 80.6 cm³/mol. The zero-order valence-electron chi connectivity index (χ0n) is 11.5. The lowest BCUT2D eigenvalue weighted by atomic mass is 10.2. The maximum absolute atomic E-state index is 4.63. The molecule has 0 radical (unpaired) electrons. The van der Waals surface area contributed by atoms with Crippen molar-refractivity contribution in [2.24, 2.45) is 5.92 Å². The molecule has 0 aliphatic heterocycles. The fourth-order valence-corrected chi connectivity index (χ4v) is 3.55. The molecule has 0 spiro atoms. The molecular formula is C13H23BrN2S. The molecular weight excluding hydrogens is 296 g/mol. The Morgan fingerprint density at radius 2 is 1.94 bits per heavy atom. The highest BCUT2D eigenvalue weighted by molar-refractivity contribution is 9.10. The highest BCUT2D eigenvalue weighted by Gasteiger charge is 2.15. The van der Waals surface area contributed by atoms with E-state index in [2.05, 4.69) is 60.3 Å². The second kappa shape index (κ2) is 6.83. The molecule has 0 aliphatic carbocycles. The molecule has 0 amide bonds. The standard InChI is InChI=1S/C13H23BrN2S/c1-6-11-13(14)12(16(7-2)15-11)8-17-10(5)9(3)4/h9-10H,6-8H2,1-5H3. The molecule has 0 N–H and O–H groups in total. The molecule has 4 heteroatoms. The van der Waals surface area contributed by atoms with Gasteiger partial charge in [0, 0.05) is 17.5 Å². The Balaban J connectivity index is 2.79. The first-order chi connectivity index (χ1) is 8.01. The topological polar surface area (TPSA) is 17.8 Å². The largest absolute Gasteiger partial charge is 0.268 e. The van der Waals surface area contributed by atoms with Gasteiger partial charge in [-0.05, 0) is 35.2 Å². The van der Waals surface area contributed by atoms with E-state index in [4.69, 9.17) is 0 Å². The molecule has 0 aliphatic rings. The number of halogens is 1. The van der Waals surface area contributed by atoms with Crippen LogP contribution < -0.4 is 0 Å². The molecule has 2 nitrogen and oxygen atoms in total. The van der Waals surface area contributed by atoms with Gasteiger partial charge in [0.2, 0.25) is 0 Å². The number of aromatic nitrogens is 2. The van der Waals surface area contributed by atoms with Crippen LogP contribution in [-0.4, -0.2) is 15.0 Å². The third-order valence-electron chi connectivity index (χ3n) is 3.12. The second-order valence-electron chi connectivity index (χ2n) is 4.64. The molecule has 98 valence electrons. The van der Waals surface area contributed by atoms with Gasteiger partial charge in [-0.2, -0.15) is 16.9 Å². The highest BCUT2D eigenvalue weighted by atomic mass is 79.9. The number of hydrogen-bond acceptors (Lipinski definition) is 2.